The van der Waals surface area contributed by atoms with E-state index in [4.69, 9.17) is 9.47 Å². The molecule has 0 bridgehead atoms. The van der Waals surface area contributed by atoms with Gasteiger partial charge in [0.1, 0.15) is 6.61 Å². The summed E-state index contributed by atoms with van der Waals surface area (Å²) in [6, 6.07) is 0.268. The minimum atomic E-state index is -0.221. The molecule has 1 aromatic rings. The average Bonchev–Trinajstić information content (AvgIpc) is 2.50. The van der Waals surface area contributed by atoms with Crippen molar-refractivity contribution >= 4 is 0 Å². The van der Waals surface area contributed by atoms with Gasteiger partial charge in [-0.05, 0) is 19.8 Å². The summed E-state index contributed by atoms with van der Waals surface area (Å²) in [5.41, 5.74) is 0.654. The van der Waals surface area contributed by atoms with Gasteiger partial charge in [0.05, 0.1) is 0 Å². The van der Waals surface area contributed by atoms with E-state index >= 15 is 0 Å². The second kappa shape index (κ2) is 9.36. The van der Waals surface area contributed by atoms with Crippen molar-refractivity contribution in [1.82, 2.24) is 9.55 Å². The third kappa shape index (κ3) is 5.40. The molecule has 0 spiro atoms. The topological polar surface area (TPSA) is 53.4 Å². The zero-order valence-corrected chi connectivity index (χ0v) is 14.1. The largest absolute Gasteiger partial charge is 0.464 e. The minimum absolute atomic E-state index is 0.212. The molecule has 5 heteroatoms. The summed E-state index contributed by atoms with van der Waals surface area (Å²) in [5.74, 6) is 6.01. The van der Waals surface area contributed by atoms with Crippen molar-refractivity contribution in [2.45, 2.75) is 57.9 Å². The molecular weight excluding hydrogens is 292 g/mol. The van der Waals surface area contributed by atoms with E-state index in [9.17, 15) is 4.79 Å². The van der Waals surface area contributed by atoms with Crippen LogP contribution in [0.2, 0.25) is 0 Å². The molecule has 0 unspecified atom stereocenters. The van der Waals surface area contributed by atoms with E-state index in [1.165, 1.54) is 32.1 Å². The van der Waals surface area contributed by atoms with Crippen molar-refractivity contribution < 1.29 is 9.47 Å². The predicted molar refractivity (Wildman–Crippen MR) is 89.7 cm³/mol. The van der Waals surface area contributed by atoms with Crippen molar-refractivity contribution in [1.29, 1.82) is 0 Å². The Bertz CT molecular complexity index is 605. The molecule has 1 aromatic heterocycles. The van der Waals surface area contributed by atoms with Crippen LogP contribution >= 0.6 is 0 Å². The normalized spacial score (nSPS) is 16.1. The quantitative estimate of drug-likeness (QED) is 0.801. The molecule has 0 atom stereocenters. The van der Waals surface area contributed by atoms with Crippen LogP contribution in [0.3, 0.4) is 0 Å². The van der Waals surface area contributed by atoms with Gasteiger partial charge < -0.3 is 9.47 Å². The molecule has 0 aliphatic heterocycles. The van der Waals surface area contributed by atoms with Gasteiger partial charge >= 0.3 is 5.69 Å². The molecule has 1 aliphatic rings. The molecule has 23 heavy (non-hydrogen) atoms. The molecule has 0 N–H and O–H groups in total. The average molecular weight is 318 g/mol. The second-order valence-corrected chi connectivity index (χ2v) is 5.99. The number of hydrogen-bond donors (Lipinski definition) is 0. The fourth-order valence-corrected chi connectivity index (χ4v) is 2.95. The van der Waals surface area contributed by atoms with Crippen LogP contribution in [0.25, 0.3) is 0 Å². The Hall–Kier alpha value is -1.80. The summed E-state index contributed by atoms with van der Waals surface area (Å²) in [6.45, 7) is 2.51. The van der Waals surface area contributed by atoms with Gasteiger partial charge in [-0.3, -0.25) is 4.57 Å². The first kappa shape index (κ1) is 17.6. The van der Waals surface area contributed by atoms with E-state index < -0.39 is 0 Å². The lowest BCUT2D eigenvalue weighted by Gasteiger charge is -2.22. The Kier molecular flexibility index (Phi) is 7.15. The Morgan fingerprint density at radius 3 is 2.52 bits per heavy atom. The van der Waals surface area contributed by atoms with Crippen LogP contribution in [0, 0.1) is 18.8 Å². The third-order valence-corrected chi connectivity index (χ3v) is 4.18. The number of nitrogens with zero attached hydrogens (tertiary/aromatic N) is 2. The third-order valence-electron chi connectivity index (χ3n) is 4.18. The van der Waals surface area contributed by atoms with Crippen LogP contribution < -0.4 is 10.4 Å². The van der Waals surface area contributed by atoms with Gasteiger partial charge in [-0.2, -0.15) is 4.98 Å². The van der Waals surface area contributed by atoms with E-state index in [0.717, 1.165) is 18.4 Å². The zero-order chi connectivity index (χ0) is 16.5. The van der Waals surface area contributed by atoms with E-state index in [1.54, 1.807) is 11.7 Å². The van der Waals surface area contributed by atoms with Gasteiger partial charge in [-0.1, -0.05) is 43.9 Å². The predicted octanol–water partition coefficient (Wildman–Crippen LogP) is 2.87. The molecule has 1 aliphatic carbocycles. The molecule has 0 aromatic carbocycles. The van der Waals surface area contributed by atoms with Crippen LogP contribution in [-0.4, -0.2) is 29.9 Å². The van der Waals surface area contributed by atoms with E-state index in [0.29, 0.717) is 12.5 Å². The Balaban J connectivity index is 2.07. The van der Waals surface area contributed by atoms with E-state index in [1.807, 2.05) is 13.1 Å². The number of rotatable bonds is 4. The number of hydrogen-bond acceptors (Lipinski definition) is 4. The summed E-state index contributed by atoms with van der Waals surface area (Å²) in [5, 5.41) is 0. The van der Waals surface area contributed by atoms with E-state index in [-0.39, 0.29) is 18.3 Å². The number of aryl methyl sites for hydroxylation is 1. The van der Waals surface area contributed by atoms with Crippen LogP contribution in [0.15, 0.2) is 11.0 Å². The summed E-state index contributed by atoms with van der Waals surface area (Å²) in [4.78, 5) is 16.4. The fourth-order valence-electron chi connectivity index (χ4n) is 2.95. The molecular formula is C18H26N2O3. The fraction of sp³-hybridized carbons (Fsp3) is 0.667. The number of methoxy groups -OCH3 is 1. The molecule has 1 fully saturated rings. The van der Waals surface area contributed by atoms with Gasteiger partial charge in [-0.25, -0.2) is 4.79 Å². The minimum Gasteiger partial charge on any atom is -0.464 e. The highest BCUT2D eigenvalue weighted by molar-refractivity contribution is 5.21. The molecule has 0 amide bonds. The maximum Gasteiger partial charge on any atom is 0.351 e. The van der Waals surface area contributed by atoms with Crippen LogP contribution in [-0.2, 0) is 4.74 Å². The van der Waals surface area contributed by atoms with Gasteiger partial charge in [0, 0.05) is 24.9 Å². The molecule has 0 radical (unpaired) electrons. The lowest BCUT2D eigenvalue weighted by molar-refractivity contribution is 0.239. The molecule has 126 valence electrons. The van der Waals surface area contributed by atoms with Crippen molar-refractivity contribution in [3.8, 4) is 17.7 Å². The highest BCUT2D eigenvalue weighted by atomic mass is 16.5. The summed E-state index contributed by atoms with van der Waals surface area (Å²) in [7, 11) is 1.59. The molecule has 1 saturated carbocycles. The monoisotopic (exact) mass is 318 g/mol. The van der Waals surface area contributed by atoms with Crippen LogP contribution in [0.5, 0.6) is 5.88 Å². The van der Waals surface area contributed by atoms with Gasteiger partial charge in [0.25, 0.3) is 0 Å². The standard InChI is InChI=1S/C18H26N2O3/c1-15-14-20(16-10-6-4-3-5-7-11-16)18(21)19-17(15)23-13-9-8-12-22-2/h14,16H,3-7,10-13H2,1-2H3. The summed E-state index contributed by atoms with van der Waals surface area (Å²) < 4.78 is 12.1. The molecule has 1 heterocycles. The second-order valence-electron chi connectivity index (χ2n) is 5.99. The number of ether oxygens (including phenoxy) is 2. The summed E-state index contributed by atoms with van der Waals surface area (Å²) in [6.07, 6.45) is 10.2. The maximum atomic E-state index is 12.3. The smallest absolute Gasteiger partial charge is 0.351 e. The lowest BCUT2D eigenvalue weighted by atomic mass is 9.96. The highest BCUT2D eigenvalue weighted by Gasteiger charge is 2.16. The Morgan fingerprint density at radius 2 is 1.83 bits per heavy atom. The Labute approximate surface area is 138 Å². The van der Waals surface area contributed by atoms with E-state index in [2.05, 4.69) is 16.8 Å². The number of aromatic nitrogens is 2. The summed E-state index contributed by atoms with van der Waals surface area (Å²) >= 11 is 0. The Morgan fingerprint density at radius 1 is 1.17 bits per heavy atom. The first-order valence-electron chi connectivity index (χ1n) is 8.39. The first-order chi connectivity index (χ1) is 11.2. The lowest BCUT2D eigenvalue weighted by Crippen LogP contribution is -2.28. The van der Waals surface area contributed by atoms with Gasteiger partial charge in [0.15, 0.2) is 6.61 Å². The van der Waals surface area contributed by atoms with Gasteiger partial charge in [-0.15, -0.1) is 0 Å². The van der Waals surface area contributed by atoms with Crippen molar-refractivity contribution in [3.05, 3.63) is 22.2 Å². The molecule has 0 saturated heterocycles. The van der Waals surface area contributed by atoms with Crippen molar-refractivity contribution in [2.75, 3.05) is 20.3 Å². The first-order valence-corrected chi connectivity index (χ1v) is 8.39. The SMILES string of the molecule is COCC#CCOc1nc(=O)n(C2CCCCCCC2)cc1C. The van der Waals surface area contributed by atoms with Crippen molar-refractivity contribution in [2.24, 2.45) is 0 Å². The van der Waals surface area contributed by atoms with Crippen LogP contribution in [0.4, 0.5) is 0 Å². The highest BCUT2D eigenvalue weighted by Crippen LogP contribution is 2.26. The zero-order valence-electron chi connectivity index (χ0n) is 14.1. The molecule has 5 nitrogen and oxygen atoms in total. The maximum absolute atomic E-state index is 12.3. The molecule has 2 rings (SSSR count). The van der Waals surface area contributed by atoms with Gasteiger partial charge in [0.2, 0.25) is 5.88 Å². The van der Waals surface area contributed by atoms with Crippen molar-refractivity contribution in [3.63, 3.8) is 0 Å². The van der Waals surface area contributed by atoms with Crippen LogP contribution in [0.1, 0.15) is 56.6 Å².